The number of piperidine rings is 1. The molecule has 2 aromatic rings. The van der Waals surface area contributed by atoms with Gasteiger partial charge in [-0.15, -0.1) is 0 Å². The third-order valence-electron chi connectivity index (χ3n) is 5.14. The Bertz CT molecular complexity index is 953. The van der Waals surface area contributed by atoms with Crippen LogP contribution in [0.4, 0.5) is 21.9 Å². The first kappa shape index (κ1) is 23.2. The number of amides is 2. The maximum absolute atomic E-state index is 12.7. The third-order valence-corrected chi connectivity index (χ3v) is 5.14. The van der Waals surface area contributed by atoms with Gasteiger partial charge in [0.1, 0.15) is 11.4 Å². The second kappa shape index (κ2) is 9.80. The number of nitrogens with two attached hydrogens (primary N) is 1. The van der Waals surface area contributed by atoms with E-state index >= 15 is 0 Å². The van der Waals surface area contributed by atoms with Gasteiger partial charge in [0.05, 0.1) is 12.7 Å². The summed E-state index contributed by atoms with van der Waals surface area (Å²) in [5.74, 6) is 0.440. The average Bonchev–Trinajstić information content (AvgIpc) is 2.73. The Morgan fingerprint density at radius 2 is 1.84 bits per heavy atom. The highest BCUT2D eigenvalue weighted by Gasteiger charge is 2.25. The van der Waals surface area contributed by atoms with Crippen molar-refractivity contribution in [1.29, 1.82) is 0 Å². The highest BCUT2D eigenvalue weighted by atomic mass is 16.6. The zero-order valence-corrected chi connectivity index (χ0v) is 19.1. The summed E-state index contributed by atoms with van der Waals surface area (Å²) in [7, 11) is 1.59. The summed E-state index contributed by atoms with van der Waals surface area (Å²) < 4.78 is 10.5. The highest BCUT2D eigenvalue weighted by molar-refractivity contribution is 6.08. The Balaban J connectivity index is 1.63. The number of methoxy groups -OCH3 is 1. The van der Waals surface area contributed by atoms with Crippen molar-refractivity contribution in [2.45, 2.75) is 45.3 Å². The van der Waals surface area contributed by atoms with Crippen molar-refractivity contribution in [3.63, 3.8) is 0 Å². The molecule has 1 aliphatic heterocycles. The first-order valence-electron chi connectivity index (χ1n) is 10.7. The van der Waals surface area contributed by atoms with Crippen LogP contribution >= 0.6 is 0 Å². The number of carbonyl (C=O) groups is 2. The molecule has 1 saturated heterocycles. The fourth-order valence-corrected chi connectivity index (χ4v) is 3.63. The topological polar surface area (TPSA) is 106 Å². The molecule has 32 heavy (non-hydrogen) atoms. The van der Waals surface area contributed by atoms with E-state index in [-0.39, 0.29) is 11.9 Å². The molecule has 1 aliphatic rings. The Hall–Kier alpha value is -3.42. The number of anilines is 3. The lowest BCUT2D eigenvalue weighted by atomic mass is 10.0. The summed E-state index contributed by atoms with van der Waals surface area (Å²) in [6, 6.07) is 12.5. The molecule has 8 heteroatoms. The lowest BCUT2D eigenvalue weighted by Gasteiger charge is -2.35. The summed E-state index contributed by atoms with van der Waals surface area (Å²) in [5, 5.41) is 5.79. The predicted molar refractivity (Wildman–Crippen MR) is 126 cm³/mol. The molecule has 1 fully saturated rings. The molecule has 0 saturated carbocycles. The average molecular weight is 441 g/mol. The van der Waals surface area contributed by atoms with Gasteiger partial charge in [-0.1, -0.05) is 0 Å². The minimum atomic E-state index is -0.533. The van der Waals surface area contributed by atoms with Gasteiger partial charge in [-0.25, -0.2) is 4.79 Å². The van der Waals surface area contributed by atoms with Crippen LogP contribution in [0.2, 0.25) is 0 Å². The van der Waals surface area contributed by atoms with Crippen molar-refractivity contribution in [1.82, 2.24) is 5.32 Å². The van der Waals surface area contributed by atoms with Crippen LogP contribution in [-0.4, -0.2) is 43.8 Å². The van der Waals surface area contributed by atoms with E-state index in [1.165, 1.54) is 0 Å². The Morgan fingerprint density at radius 3 is 2.47 bits per heavy atom. The van der Waals surface area contributed by atoms with Crippen molar-refractivity contribution in [2.75, 3.05) is 36.1 Å². The van der Waals surface area contributed by atoms with Crippen LogP contribution in [0.3, 0.4) is 0 Å². The van der Waals surface area contributed by atoms with E-state index in [0.717, 1.165) is 25.1 Å². The van der Waals surface area contributed by atoms with Gasteiger partial charge in [0.25, 0.3) is 5.91 Å². The molecule has 2 amide bonds. The highest BCUT2D eigenvalue weighted by Crippen LogP contribution is 2.26. The summed E-state index contributed by atoms with van der Waals surface area (Å²) >= 11 is 0. The molecule has 1 heterocycles. The van der Waals surface area contributed by atoms with E-state index in [1.54, 1.807) is 43.5 Å². The van der Waals surface area contributed by atoms with Gasteiger partial charge in [0.15, 0.2) is 0 Å². The lowest BCUT2D eigenvalue weighted by molar-refractivity contribution is 0.0500. The van der Waals surface area contributed by atoms with Gasteiger partial charge in [0.2, 0.25) is 0 Å². The first-order chi connectivity index (χ1) is 15.1. The van der Waals surface area contributed by atoms with Crippen LogP contribution in [0, 0.1) is 0 Å². The SMILES string of the molecule is COc1ccc(NC(=O)c2ccc(N3CCC[C@H](NC(=O)OC(C)(C)C)C3)cc2N)cc1. The molecule has 0 aliphatic carbocycles. The monoisotopic (exact) mass is 440 g/mol. The van der Waals surface area contributed by atoms with Gasteiger partial charge in [-0.2, -0.15) is 0 Å². The van der Waals surface area contributed by atoms with E-state index in [0.29, 0.717) is 29.2 Å². The number of benzene rings is 2. The fourth-order valence-electron chi connectivity index (χ4n) is 3.63. The Labute approximate surface area is 189 Å². The van der Waals surface area contributed by atoms with Crippen molar-refractivity contribution in [2.24, 2.45) is 0 Å². The van der Waals surface area contributed by atoms with Crippen molar-refractivity contribution >= 4 is 29.1 Å². The number of rotatable bonds is 5. The quantitative estimate of drug-likeness (QED) is 0.607. The van der Waals surface area contributed by atoms with Crippen LogP contribution in [0.5, 0.6) is 5.75 Å². The largest absolute Gasteiger partial charge is 0.497 e. The molecule has 2 aromatic carbocycles. The van der Waals surface area contributed by atoms with Crippen molar-refractivity contribution in [3.05, 3.63) is 48.0 Å². The molecule has 0 aromatic heterocycles. The smallest absolute Gasteiger partial charge is 0.407 e. The molecule has 0 radical (unpaired) electrons. The van der Waals surface area contributed by atoms with Crippen LogP contribution < -0.4 is 26.0 Å². The van der Waals surface area contributed by atoms with E-state index in [1.807, 2.05) is 26.8 Å². The number of nitrogens with one attached hydrogen (secondary N) is 2. The lowest BCUT2D eigenvalue weighted by Crippen LogP contribution is -2.49. The molecule has 0 bridgehead atoms. The minimum absolute atomic E-state index is 0.0159. The number of hydrogen-bond donors (Lipinski definition) is 3. The van der Waals surface area contributed by atoms with Gasteiger partial charge in [0, 0.05) is 36.2 Å². The molecule has 172 valence electrons. The molecule has 1 atom stereocenters. The van der Waals surface area contributed by atoms with Gasteiger partial charge < -0.3 is 30.7 Å². The molecule has 0 spiro atoms. The number of carbonyl (C=O) groups excluding carboxylic acids is 2. The van der Waals surface area contributed by atoms with E-state index in [2.05, 4.69) is 15.5 Å². The van der Waals surface area contributed by atoms with E-state index in [4.69, 9.17) is 15.2 Å². The molecule has 3 rings (SSSR count). The van der Waals surface area contributed by atoms with E-state index in [9.17, 15) is 9.59 Å². The summed E-state index contributed by atoms with van der Waals surface area (Å²) in [6.07, 6.45) is 1.41. The molecule has 8 nitrogen and oxygen atoms in total. The maximum Gasteiger partial charge on any atom is 0.407 e. The fraction of sp³-hybridized carbons (Fsp3) is 0.417. The number of nitrogens with zero attached hydrogens (tertiary/aromatic N) is 1. The van der Waals surface area contributed by atoms with Crippen LogP contribution in [0.15, 0.2) is 42.5 Å². The van der Waals surface area contributed by atoms with Crippen molar-refractivity contribution < 1.29 is 19.1 Å². The predicted octanol–water partition coefficient (Wildman–Crippen LogP) is 4.02. The number of nitrogen functional groups attached to an aromatic ring is 1. The summed E-state index contributed by atoms with van der Waals surface area (Å²) in [4.78, 5) is 26.9. The normalized spacial score (nSPS) is 16.2. The van der Waals surface area contributed by atoms with Crippen LogP contribution in [0.25, 0.3) is 0 Å². The van der Waals surface area contributed by atoms with E-state index < -0.39 is 11.7 Å². The summed E-state index contributed by atoms with van der Waals surface area (Å²) in [5.41, 5.74) is 8.06. The van der Waals surface area contributed by atoms with Gasteiger partial charge >= 0.3 is 6.09 Å². The van der Waals surface area contributed by atoms with Crippen molar-refractivity contribution in [3.8, 4) is 5.75 Å². The summed E-state index contributed by atoms with van der Waals surface area (Å²) in [6.45, 7) is 7.03. The number of alkyl carbamates (subject to hydrolysis) is 1. The Kier molecular flexibility index (Phi) is 7.12. The Morgan fingerprint density at radius 1 is 1.12 bits per heavy atom. The molecule has 4 N–H and O–H groups in total. The number of hydrogen-bond acceptors (Lipinski definition) is 6. The van der Waals surface area contributed by atoms with Gasteiger partial charge in [-0.3, -0.25) is 4.79 Å². The van der Waals surface area contributed by atoms with Gasteiger partial charge in [-0.05, 0) is 76.1 Å². The zero-order valence-electron chi connectivity index (χ0n) is 19.1. The maximum atomic E-state index is 12.7. The second-order valence-electron chi connectivity index (χ2n) is 8.89. The second-order valence-corrected chi connectivity index (χ2v) is 8.89. The first-order valence-corrected chi connectivity index (χ1v) is 10.7. The van der Waals surface area contributed by atoms with Crippen LogP contribution in [-0.2, 0) is 4.74 Å². The standard InChI is InChI=1S/C24H32N4O4/c1-24(2,3)32-23(30)27-17-6-5-13-28(15-17)18-9-12-20(21(25)14-18)22(29)26-16-7-10-19(31-4)11-8-16/h7-12,14,17H,5-6,13,15,25H2,1-4H3,(H,26,29)(H,27,30)/t17-/m0/s1. The molecule has 0 unspecified atom stereocenters. The minimum Gasteiger partial charge on any atom is -0.497 e. The molecular formula is C24H32N4O4. The number of ether oxygens (including phenoxy) is 2. The zero-order chi connectivity index (χ0) is 23.3. The molecular weight excluding hydrogens is 408 g/mol. The third kappa shape index (κ3) is 6.29. The van der Waals surface area contributed by atoms with Crippen LogP contribution in [0.1, 0.15) is 44.0 Å².